The van der Waals surface area contributed by atoms with Gasteiger partial charge in [-0.15, -0.1) is 0 Å². The lowest BCUT2D eigenvalue weighted by molar-refractivity contribution is -0.131. The van der Waals surface area contributed by atoms with Crippen LogP contribution in [-0.4, -0.2) is 31.5 Å². The molecule has 0 aliphatic heterocycles. The van der Waals surface area contributed by atoms with Crippen molar-refractivity contribution < 1.29 is 22.7 Å². The highest BCUT2D eigenvalue weighted by Crippen LogP contribution is 2.29. The van der Waals surface area contributed by atoms with E-state index in [1.54, 1.807) is 6.92 Å². The van der Waals surface area contributed by atoms with Gasteiger partial charge in [0.2, 0.25) is 0 Å². The normalized spacial score (nSPS) is 11.2. The predicted octanol–water partition coefficient (Wildman–Crippen LogP) is 2.69. The van der Waals surface area contributed by atoms with E-state index < -0.39 is 21.7 Å². The maximum absolute atomic E-state index is 12.4. The number of hydrogen-bond acceptors (Lipinski definition) is 7. The summed E-state index contributed by atoms with van der Waals surface area (Å²) in [7, 11) is -3.40. The van der Waals surface area contributed by atoms with Crippen LogP contribution in [0.15, 0.2) is 22.5 Å². The highest BCUT2D eigenvalue weighted by atomic mass is 35.5. The lowest BCUT2D eigenvalue weighted by Crippen LogP contribution is -2.15. The molecule has 7 nitrogen and oxygen atoms in total. The predicted molar refractivity (Wildman–Crippen MR) is 90.7 cm³/mol. The van der Waals surface area contributed by atoms with Gasteiger partial charge >= 0.3 is 5.97 Å². The number of nitrogens with zero attached hydrogens (tertiary/aromatic N) is 1. The van der Waals surface area contributed by atoms with E-state index in [1.165, 1.54) is 19.1 Å². The van der Waals surface area contributed by atoms with Gasteiger partial charge in [-0.05, 0) is 24.6 Å². The Labute approximate surface area is 147 Å². The summed E-state index contributed by atoms with van der Waals surface area (Å²) in [6, 6.07) is 2.85. The summed E-state index contributed by atoms with van der Waals surface area (Å²) in [6.07, 6.45) is 2.20. The minimum atomic E-state index is -3.40. The van der Waals surface area contributed by atoms with E-state index in [0.29, 0.717) is 10.6 Å². The summed E-state index contributed by atoms with van der Waals surface area (Å²) >= 11 is 6.84. The molecule has 0 aliphatic rings. The fourth-order valence-corrected chi connectivity index (χ4v) is 3.52. The van der Waals surface area contributed by atoms with Crippen molar-refractivity contribution in [3.8, 4) is 5.75 Å². The first kappa shape index (κ1) is 18.4. The highest BCUT2D eigenvalue weighted by molar-refractivity contribution is 7.92. The summed E-state index contributed by atoms with van der Waals surface area (Å²) in [5.74, 6) is -1.15. The number of nitrogens with one attached hydrogen (secondary N) is 1. The summed E-state index contributed by atoms with van der Waals surface area (Å²) in [4.78, 5) is 27.4. The summed E-state index contributed by atoms with van der Waals surface area (Å²) in [6.45, 7) is 2.92. The number of thiazole rings is 1. The van der Waals surface area contributed by atoms with E-state index in [2.05, 4.69) is 10.3 Å². The molecular weight excluding hydrogens is 376 g/mol. The number of hydrogen-bond donors (Lipinski definition) is 1. The zero-order valence-electron chi connectivity index (χ0n) is 12.9. The van der Waals surface area contributed by atoms with Gasteiger partial charge in [0.15, 0.2) is 15.0 Å². The average Bonchev–Trinajstić information content (AvgIpc) is 2.90. The molecule has 1 amide bonds. The molecule has 24 heavy (non-hydrogen) atoms. The molecular formula is C14H13ClN2O5S2. The van der Waals surface area contributed by atoms with Crippen LogP contribution in [0.25, 0.3) is 0 Å². The second kappa shape index (κ2) is 6.88. The Bertz CT molecular complexity index is 921. The first-order valence-electron chi connectivity index (χ1n) is 6.53. The number of aromatic nitrogens is 1. The molecule has 2 aromatic rings. The third kappa shape index (κ3) is 4.31. The molecule has 1 heterocycles. The Kier molecular flexibility index (Phi) is 5.26. The monoisotopic (exact) mass is 388 g/mol. The lowest BCUT2D eigenvalue weighted by atomic mass is 10.1. The molecule has 1 aromatic carbocycles. The van der Waals surface area contributed by atoms with Gasteiger partial charge < -0.3 is 4.74 Å². The van der Waals surface area contributed by atoms with E-state index in [4.69, 9.17) is 16.3 Å². The number of anilines is 1. The van der Waals surface area contributed by atoms with Gasteiger partial charge in [0, 0.05) is 18.2 Å². The third-order valence-electron chi connectivity index (χ3n) is 2.83. The fraction of sp³-hybridized carbons (Fsp3) is 0.214. The maximum atomic E-state index is 12.4. The number of carbonyl (C=O) groups is 2. The molecule has 10 heteroatoms. The molecule has 1 N–H and O–H groups in total. The standard InChI is InChI=1S/C14H13ClN2O5S2/c1-7-4-11(22-8(2)18)9(5-10(7)15)13(19)17-14-16-6-12(23-14)24(3,20)21/h4-6H,1-3H3,(H,16,17,19). The van der Waals surface area contributed by atoms with Crippen LogP contribution in [0.2, 0.25) is 5.02 Å². The zero-order valence-corrected chi connectivity index (χ0v) is 15.3. The maximum Gasteiger partial charge on any atom is 0.308 e. The number of carbonyl (C=O) groups excluding carboxylic acids is 2. The van der Waals surface area contributed by atoms with Gasteiger partial charge in [0.05, 0.1) is 11.8 Å². The van der Waals surface area contributed by atoms with Crippen molar-refractivity contribution in [2.75, 3.05) is 11.6 Å². The Morgan fingerprint density at radius 2 is 2.00 bits per heavy atom. The molecule has 0 atom stereocenters. The van der Waals surface area contributed by atoms with Crippen LogP contribution >= 0.6 is 22.9 Å². The number of amides is 1. The number of halogens is 1. The molecule has 0 spiro atoms. The zero-order chi connectivity index (χ0) is 18.1. The van der Waals surface area contributed by atoms with Crippen LogP contribution in [0.5, 0.6) is 5.75 Å². The van der Waals surface area contributed by atoms with Crippen LogP contribution in [-0.2, 0) is 14.6 Å². The summed E-state index contributed by atoms with van der Waals surface area (Å²) in [5, 5.41) is 2.89. The van der Waals surface area contributed by atoms with Crippen LogP contribution in [0, 0.1) is 6.92 Å². The third-order valence-corrected chi connectivity index (χ3v) is 5.94. The van der Waals surface area contributed by atoms with Crippen molar-refractivity contribution in [3.05, 3.63) is 34.5 Å². The van der Waals surface area contributed by atoms with Crippen molar-refractivity contribution in [1.82, 2.24) is 4.98 Å². The van der Waals surface area contributed by atoms with E-state index in [9.17, 15) is 18.0 Å². The van der Waals surface area contributed by atoms with Gasteiger partial charge in [-0.2, -0.15) is 0 Å². The molecule has 128 valence electrons. The Hall–Kier alpha value is -1.97. The van der Waals surface area contributed by atoms with Crippen LogP contribution in [0.1, 0.15) is 22.8 Å². The van der Waals surface area contributed by atoms with Gasteiger partial charge in [-0.1, -0.05) is 22.9 Å². The van der Waals surface area contributed by atoms with Gasteiger partial charge in [0.1, 0.15) is 9.96 Å². The topological polar surface area (TPSA) is 102 Å². The number of aryl methyl sites for hydroxylation is 1. The van der Waals surface area contributed by atoms with Crippen LogP contribution < -0.4 is 10.1 Å². The Morgan fingerprint density at radius 1 is 1.33 bits per heavy atom. The van der Waals surface area contributed by atoms with E-state index in [1.807, 2.05) is 0 Å². The largest absolute Gasteiger partial charge is 0.426 e. The number of esters is 1. The number of benzene rings is 1. The number of rotatable bonds is 4. The van der Waals surface area contributed by atoms with E-state index >= 15 is 0 Å². The molecule has 0 unspecified atom stereocenters. The van der Waals surface area contributed by atoms with E-state index in [0.717, 1.165) is 23.8 Å². The second-order valence-corrected chi connectivity index (χ2v) is 8.58. The molecule has 0 bridgehead atoms. The van der Waals surface area contributed by atoms with Crippen LogP contribution in [0.4, 0.5) is 5.13 Å². The Balaban J connectivity index is 2.34. The summed E-state index contributed by atoms with van der Waals surface area (Å²) in [5.41, 5.74) is 0.676. The quantitative estimate of drug-likeness (QED) is 0.638. The Morgan fingerprint density at radius 3 is 2.54 bits per heavy atom. The van der Waals surface area contributed by atoms with Gasteiger partial charge in [-0.3, -0.25) is 14.9 Å². The molecule has 0 saturated heterocycles. The van der Waals surface area contributed by atoms with Crippen LogP contribution in [0.3, 0.4) is 0 Å². The highest BCUT2D eigenvalue weighted by Gasteiger charge is 2.19. The second-order valence-electron chi connectivity index (χ2n) is 4.90. The minimum Gasteiger partial charge on any atom is -0.426 e. The summed E-state index contributed by atoms with van der Waals surface area (Å²) < 4.78 is 27.9. The SMILES string of the molecule is CC(=O)Oc1cc(C)c(Cl)cc1C(=O)Nc1ncc(S(C)(=O)=O)s1. The minimum absolute atomic E-state index is 0.0277. The van der Waals surface area contributed by atoms with Crippen molar-refractivity contribution in [1.29, 1.82) is 0 Å². The molecule has 0 aliphatic carbocycles. The molecule has 0 radical (unpaired) electrons. The smallest absolute Gasteiger partial charge is 0.308 e. The molecule has 0 saturated carbocycles. The number of sulfone groups is 1. The van der Waals surface area contributed by atoms with Crippen molar-refractivity contribution in [2.45, 2.75) is 18.1 Å². The molecule has 2 rings (SSSR count). The average molecular weight is 389 g/mol. The van der Waals surface area contributed by atoms with Crippen molar-refractivity contribution in [2.24, 2.45) is 0 Å². The van der Waals surface area contributed by atoms with E-state index in [-0.39, 0.29) is 20.7 Å². The van der Waals surface area contributed by atoms with Gasteiger partial charge in [-0.25, -0.2) is 13.4 Å². The number of ether oxygens (including phenoxy) is 1. The van der Waals surface area contributed by atoms with Crippen molar-refractivity contribution in [3.63, 3.8) is 0 Å². The molecule has 0 fully saturated rings. The lowest BCUT2D eigenvalue weighted by Gasteiger charge is -2.10. The fourth-order valence-electron chi connectivity index (χ4n) is 1.72. The first-order valence-corrected chi connectivity index (χ1v) is 9.62. The molecule has 1 aromatic heterocycles. The first-order chi connectivity index (χ1) is 11.1. The van der Waals surface area contributed by atoms with Gasteiger partial charge in [0.25, 0.3) is 5.91 Å². The van der Waals surface area contributed by atoms with Crippen molar-refractivity contribution >= 4 is 49.8 Å².